The molecular formula is C13H21BrN2. The molecule has 0 spiro atoms. The number of hydrogen-bond donors (Lipinski definition) is 0. The maximum Gasteiger partial charge on any atom is 0.125 e. The van der Waals surface area contributed by atoms with Gasteiger partial charge in [0.25, 0.3) is 0 Å². The summed E-state index contributed by atoms with van der Waals surface area (Å²) in [6, 6.07) is 2.13. The highest BCUT2D eigenvalue weighted by atomic mass is 79.9. The van der Waals surface area contributed by atoms with E-state index in [4.69, 9.17) is 0 Å². The van der Waals surface area contributed by atoms with Gasteiger partial charge in [-0.15, -0.1) is 0 Å². The van der Waals surface area contributed by atoms with Gasteiger partial charge in [0.1, 0.15) is 5.82 Å². The molecule has 90 valence electrons. The van der Waals surface area contributed by atoms with Crippen LogP contribution in [-0.4, -0.2) is 14.8 Å². The van der Waals surface area contributed by atoms with Crippen molar-refractivity contribution < 1.29 is 0 Å². The first-order valence-electron chi connectivity index (χ1n) is 5.98. The van der Waals surface area contributed by atoms with E-state index in [1.807, 2.05) is 6.92 Å². The normalized spacial score (nSPS) is 13.1. The Labute approximate surface area is 107 Å². The number of hydrogen-bond acceptors (Lipinski definition) is 2. The minimum absolute atomic E-state index is 0.520. The first-order valence-corrected chi connectivity index (χ1v) is 6.90. The number of alkyl halides is 1. The van der Waals surface area contributed by atoms with E-state index < -0.39 is 0 Å². The summed E-state index contributed by atoms with van der Waals surface area (Å²) < 4.78 is 0. The molecule has 0 fully saturated rings. The van der Waals surface area contributed by atoms with E-state index in [0.717, 1.165) is 36.0 Å². The SMILES string of the molecule is CCc1cc(CC(Br)CC(C)C)nc(C)n1. The van der Waals surface area contributed by atoms with Gasteiger partial charge in [0, 0.05) is 22.6 Å². The summed E-state index contributed by atoms with van der Waals surface area (Å²) in [5, 5.41) is 0. The van der Waals surface area contributed by atoms with Crippen LogP contribution in [0.2, 0.25) is 0 Å². The van der Waals surface area contributed by atoms with E-state index >= 15 is 0 Å². The largest absolute Gasteiger partial charge is 0.238 e. The molecule has 0 saturated carbocycles. The average Bonchev–Trinajstić information content (AvgIpc) is 2.14. The van der Waals surface area contributed by atoms with Crippen LogP contribution in [0.15, 0.2) is 6.07 Å². The van der Waals surface area contributed by atoms with E-state index in [1.54, 1.807) is 0 Å². The van der Waals surface area contributed by atoms with Crippen molar-refractivity contribution in [2.45, 2.75) is 51.8 Å². The molecule has 1 aromatic rings. The fraction of sp³-hybridized carbons (Fsp3) is 0.692. The van der Waals surface area contributed by atoms with Gasteiger partial charge in [-0.05, 0) is 31.7 Å². The summed E-state index contributed by atoms with van der Waals surface area (Å²) in [7, 11) is 0. The summed E-state index contributed by atoms with van der Waals surface area (Å²) in [6.45, 7) is 8.59. The first-order chi connectivity index (χ1) is 7.51. The van der Waals surface area contributed by atoms with Crippen molar-refractivity contribution in [2.75, 3.05) is 0 Å². The van der Waals surface area contributed by atoms with Gasteiger partial charge in [-0.1, -0.05) is 36.7 Å². The third-order valence-electron chi connectivity index (χ3n) is 2.46. The van der Waals surface area contributed by atoms with E-state index in [0.29, 0.717) is 4.83 Å². The second-order valence-corrected chi connectivity index (χ2v) is 5.98. The molecule has 2 nitrogen and oxygen atoms in total. The Bertz CT molecular complexity index is 337. The van der Waals surface area contributed by atoms with Crippen LogP contribution in [0.3, 0.4) is 0 Å². The molecule has 0 amide bonds. The summed E-state index contributed by atoms with van der Waals surface area (Å²) >= 11 is 3.73. The molecule has 0 radical (unpaired) electrons. The van der Waals surface area contributed by atoms with Crippen molar-refractivity contribution in [3.63, 3.8) is 0 Å². The van der Waals surface area contributed by atoms with E-state index in [1.165, 1.54) is 6.42 Å². The monoisotopic (exact) mass is 284 g/mol. The second-order valence-electron chi connectivity index (χ2n) is 4.68. The highest BCUT2D eigenvalue weighted by molar-refractivity contribution is 9.09. The Hall–Kier alpha value is -0.440. The van der Waals surface area contributed by atoms with Crippen LogP contribution in [0.4, 0.5) is 0 Å². The number of nitrogens with zero attached hydrogens (tertiary/aromatic N) is 2. The zero-order chi connectivity index (χ0) is 12.1. The van der Waals surface area contributed by atoms with Crippen LogP contribution >= 0.6 is 15.9 Å². The molecule has 3 heteroatoms. The van der Waals surface area contributed by atoms with Gasteiger partial charge in [-0.3, -0.25) is 0 Å². The lowest BCUT2D eigenvalue weighted by Gasteiger charge is -2.12. The molecule has 16 heavy (non-hydrogen) atoms. The van der Waals surface area contributed by atoms with E-state index in [9.17, 15) is 0 Å². The van der Waals surface area contributed by atoms with Gasteiger partial charge in [-0.25, -0.2) is 9.97 Å². The Morgan fingerprint density at radius 1 is 1.25 bits per heavy atom. The minimum Gasteiger partial charge on any atom is -0.238 e. The first kappa shape index (κ1) is 13.6. The van der Waals surface area contributed by atoms with Gasteiger partial charge in [0.2, 0.25) is 0 Å². The van der Waals surface area contributed by atoms with E-state index in [2.05, 4.69) is 52.7 Å². The van der Waals surface area contributed by atoms with Gasteiger partial charge in [0.05, 0.1) is 0 Å². The predicted octanol–water partition coefficient (Wildman–Crippen LogP) is 3.70. The van der Waals surface area contributed by atoms with Gasteiger partial charge < -0.3 is 0 Å². The zero-order valence-corrected chi connectivity index (χ0v) is 12.2. The number of aromatic nitrogens is 2. The molecular weight excluding hydrogens is 264 g/mol. The summed E-state index contributed by atoms with van der Waals surface area (Å²) in [5.41, 5.74) is 2.30. The highest BCUT2D eigenvalue weighted by Crippen LogP contribution is 2.17. The molecule has 0 N–H and O–H groups in total. The number of aryl methyl sites for hydroxylation is 2. The van der Waals surface area contributed by atoms with Crippen LogP contribution in [-0.2, 0) is 12.8 Å². The molecule has 1 heterocycles. The van der Waals surface area contributed by atoms with Gasteiger partial charge in [-0.2, -0.15) is 0 Å². The Morgan fingerprint density at radius 3 is 2.44 bits per heavy atom. The highest BCUT2D eigenvalue weighted by Gasteiger charge is 2.10. The van der Waals surface area contributed by atoms with Crippen LogP contribution in [0.1, 0.15) is 44.4 Å². The number of halogens is 1. The third-order valence-corrected chi connectivity index (χ3v) is 3.16. The number of rotatable bonds is 5. The summed E-state index contributed by atoms with van der Waals surface area (Å²) in [5.74, 6) is 1.61. The zero-order valence-electron chi connectivity index (χ0n) is 10.6. The van der Waals surface area contributed by atoms with Crippen LogP contribution < -0.4 is 0 Å². The molecule has 1 rings (SSSR count). The molecule has 0 aromatic carbocycles. The Kier molecular flexibility index (Phi) is 5.39. The van der Waals surface area contributed by atoms with Crippen molar-refractivity contribution >= 4 is 15.9 Å². The molecule has 1 aromatic heterocycles. The maximum absolute atomic E-state index is 4.49. The standard InChI is InChI=1S/C13H21BrN2/c1-5-12-8-13(16-10(4)15-12)7-11(14)6-9(2)3/h8-9,11H,5-7H2,1-4H3. The summed E-state index contributed by atoms with van der Waals surface area (Å²) in [6.07, 6.45) is 3.16. The van der Waals surface area contributed by atoms with Crippen LogP contribution in [0, 0.1) is 12.8 Å². The quantitative estimate of drug-likeness (QED) is 0.771. The van der Waals surface area contributed by atoms with Crippen molar-refractivity contribution in [3.8, 4) is 0 Å². The fourth-order valence-electron chi connectivity index (χ4n) is 1.80. The Balaban J connectivity index is 2.69. The second kappa shape index (κ2) is 6.33. The van der Waals surface area contributed by atoms with Crippen LogP contribution in [0.25, 0.3) is 0 Å². The maximum atomic E-state index is 4.49. The van der Waals surface area contributed by atoms with Crippen molar-refractivity contribution in [2.24, 2.45) is 5.92 Å². The van der Waals surface area contributed by atoms with E-state index in [-0.39, 0.29) is 0 Å². The van der Waals surface area contributed by atoms with Crippen molar-refractivity contribution in [1.82, 2.24) is 9.97 Å². The molecule has 0 bridgehead atoms. The summed E-state index contributed by atoms with van der Waals surface area (Å²) in [4.78, 5) is 9.40. The average molecular weight is 285 g/mol. The predicted molar refractivity (Wildman–Crippen MR) is 72.0 cm³/mol. The molecule has 1 atom stereocenters. The lowest BCUT2D eigenvalue weighted by Crippen LogP contribution is -2.09. The van der Waals surface area contributed by atoms with Crippen molar-refractivity contribution in [1.29, 1.82) is 0 Å². The molecule has 1 unspecified atom stereocenters. The molecule has 0 aliphatic carbocycles. The smallest absolute Gasteiger partial charge is 0.125 e. The lowest BCUT2D eigenvalue weighted by molar-refractivity contribution is 0.567. The van der Waals surface area contributed by atoms with Gasteiger partial charge in [0.15, 0.2) is 0 Å². The Morgan fingerprint density at radius 2 is 1.88 bits per heavy atom. The van der Waals surface area contributed by atoms with Crippen molar-refractivity contribution in [3.05, 3.63) is 23.3 Å². The molecule has 0 saturated heterocycles. The fourth-order valence-corrected chi connectivity index (χ4v) is 2.88. The van der Waals surface area contributed by atoms with Crippen LogP contribution in [0.5, 0.6) is 0 Å². The third kappa shape index (κ3) is 4.60. The minimum atomic E-state index is 0.520. The molecule has 0 aliphatic rings. The lowest BCUT2D eigenvalue weighted by atomic mass is 10.0. The topological polar surface area (TPSA) is 25.8 Å². The molecule has 0 aliphatic heterocycles. The van der Waals surface area contributed by atoms with Gasteiger partial charge >= 0.3 is 0 Å².